The van der Waals surface area contributed by atoms with Crippen LogP contribution in [0.1, 0.15) is 45.1 Å². The zero-order chi connectivity index (χ0) is 18.0. The second-order valence-electron chi connectivity index (χ2n) is 7.46. The van der Waals surface area contributed by atoms with Crippen molar-refractivity contribution in [3.8, 4) is 0 Å². The fourth-order valence-electron chi connectivity index (χ4n) is 4.02. The van der Waals surface area contributed by atoms with Crippen LogP contribution >= 0.6 is 0 Å². The van der Waals surface area contributed by atoms with E-state index in [1.807, 2.05) is 0 Å². The largest absolute Gasteiger partial charge is 0.317 e. The van der Waals surface area contributed by atoms with Gasteiger partial charge in [0.1, 0.15) is 6.29 Å². The molecule has 0 bridgehead atoms. The number of nitrogens with one attached hydrogen (secondary N) is 1. The van der Waals surface area contributed by atoms with E-state index in [0.29, 0.717) is 18.3 Å². The lowest BCUT2D eigenvalue weighted by molar-refractivity contribution is -0.109. The van der Waals surface area contributed by atoms with Crippen molar-refractivity contribution < 1.29 is 4.79 Å². The molecule has 1 aliphatic carbocycles. The Balaban J connectivity index is 1.72. The molecule has 25 heavy (non-hydrogen) atoms. The normalized spacial score (nSPS) is 22.4. The Hall–Kier alpha value is -1.67. The SMILES string of the molecule is CC(C)C1(CCCNCCCc2ccccc2)C=CC=C[C@H]1CC=O. The van der Waals surface area contributed by atoms with E-state index in [2.05, 4.69) is 73.8 Å². The highest BCUT2D eigenvalue weighted by molar-refractivity contribution is 5.51. The van der Waals surface area contributed by atoms with Crippen LogP contribution in [-0.2, 0) is 11.2 Å². The average Bonchev–Trinajstić information content (AvgIpc) is 2.63. The Labute approximate surface area is 153 Å². The molecule has 2 rings (SSSR count). The van der Waals surface area contributed by atoms with Crippen molar-refractivity contribution in [3.63, 3.8) is 0 Å². The molecule has 0 aromatic heterocycles. The summed E-state index contributed by atoms with van der Waals surface area (Å²) in [6, 6.07) is 10.7. The van der Waals surface area contributed by atoms with Crippen LogP contribution in [0.5, 0.6) is 0 Å². The highest BCUT2D eigenvalue weighted by Gasteiger charge is 2.38. The maximum atomic E-state index is 11.1. The topological polar surface area (TPSA) is 29.1 Å². The molecule has 2 atom stereocenters. The van der Waals surface area contributed by atoms with Crippen LogP contribution in [-0.4, -0.2) is 19.4 Å². The number of hydrogen-bond acceptors (Lipinski definition) is 2. The minimum atomic E-state index is 0.126. The van der Waals surface area contributed by atoms with Crippen LogP contribution in [0.3, 0.4) is 0 Å². The molecule has 0 amide bonds. The summed E-state index contributed by atoms with van der Waals surface area (Å²) in [4.78, 5) is 11.1. The van der Waals surface area contributed by atoms with Gasteiger partial charge < -0.3 is 10.1 Å². The molecule has 0 heterocycles. The van der Waals surface area contributed by atoms with Crippen molar-refractivity contribution in [1.82, 2.24) is 5.32 Å². The van der Waals surface area contributed by atoms with Gasteiger partial charge in [0.25, 0.3) is 0 Å². The van der Waals surface area contributed by atoms with E-state index >= 15 is 0 Å². The second-order valence-corrected chi connectivity index (χ2v) is 7.46. The molecule has 1 aromatic carbocycles. The van der Waals surface area contributed by atoms with E-state index in [1.165, 1.54) is 12.0 Å². The molecule has 136 valence electrons. The zero-order valence-electron chi connectivity index (χ0n) is 15.8. The fourth-order valence-corrected chi connectivity index (χ4v) is 4.02. The first-order valence-electron chi connectivity index (χ1n) is 9.73. The van der Waals surface area contributed by atoms with Gasteiger partial charge in [-0.2, -0.15) is 0 Å². The number of aldehydes is 1. The quantitative estimate of drug-likeness (QED) is 0.456. The van der Waals surface area contributed by atoms with Gasteiger partial charge in [0.2, 0.25) is 0 Å². The van der Waals surface area contributed by atoms with Gasteiger partial charge in [-0.1, -0.05) is 68.5 Å². The predicted octanol–water partition coefficient (Wildman–Crippen LogP) is 4.96. The maximum absolute atomic E-state index is 11.1. The minimum Gasteiger partial charge on any atom is -0.317 e. The summed E-state index contributed by atoms with van der Waals surface area (Å²) < 4.78 is 0. The van der Waals surface area contributed by atoms with Crippen molar-refractivity contribution in [1.29, 1.82) is 0 Å². The highest BCUT2D eigenvalue weighted by atomic mass is 16.1. The van der Waals surface area contributed by atoms with Gasteiger partial charge >= 0.3 is 0 Å². The summed E-state index contributed by atoms with van der Waals surface area (Å²) in [6.07, 6.45) is 15.1. The molecule has 0 radical (unpaired) electrons. The Morgan fingerprint density at radius 1 is 1.12 bits per heavy atom. The van der Waals surface area contributed by atoms with Gasteiger partial charge in [0.05, 0.1) is 0 Å². The summed E-state index contributed by atoms with van der Waals surface area (Å²) in [5.74, 6) is 0.879. The van der Waals surface area contributed by atoms with Crippen molar-refractivity contribution >= 4 is 6.29 Å². The number of carbonyl (C=O) groups is 1. The van der Waals surface area contributed by atoms with Crippen molar-refractivity contribution in [2.45, 2.75) is 46.0 Å². The first-order valence-corrected chi connectivity index (χ1v) is 9.73. The van der Waals surface area contributed by atoms with E-state index < -0.39 is 0 Å². The van der Waals surface area contributed by atoms with Gasteiger partial charge in [0, 0.05) is 6.42 Å². The first-order chi connectivity index (χ1) is 12.2. The number of hydrogen-bond donors (Lipinski definition) is 1. The second kappa shape index (κ2) is 10.4. The monoisotopic (exact) mass is 339 g/mol. The number of aryl methyl sites for hydroxylation is 1. The summed E-state index contributed by atoms with van der Waals surface area (Å²) in [6.45, 7) is 6.69. The maximum Gasteiger partial charge on any atom is 0.120 e. The lowest BCUT2D eigenvalue weighted by Crippen LogP contribution is -2.35. The number of rotatable bonds is 11. The van der Waals surface area contributed by atoms with Gasteiger partial charge in [0.15, 0.2) is 0 Å². The zero-order valence-corrected chi connectivity index (χ0v) is 15.8. The summed E-state index contributed by atoms with van der Waals surface area (Å²) in [5.41, 5.74) is 1.54. The van der Waals surface area contributed by atoms with Crippen LogP contribution in [0.2, 0.25) is 0 Å². The van der Waals surface area contributed by atoms with E-state index in [4.69, 9.17) is 0 Å². The highest BCUT2D eigenvalue weighted by Crippen LogP contribution is 2.45. The van der Waals surface area contributed by atoms with E-state index in [0.717, 1.165) is 38.6 Å². The molecule has 1 N–H and O–H groups in total. The molecule has 0 spiro atoms. The molecule has 0 fully saturated rings. The molecule has 0 aliphatic heterocycles. The third-order valence-electron chi connectivity index (χ3n) is 5.60. The summed E-state index contributed by atoms with van der Waals surface area (Å²) in [5, 5.41) is 3.59. The molecule has 1 unspecified atom stereocenters. The van der Waals surface area contributed by atoms with Crippen molar-refractivity contribution in [2.75, 3.05) is 13.1 Å². The molecular weight excluding hydrogens is 306 g/mol. The number of carbonyl (C=O) groups excluding carboxylic acids is 1. The van der Waals surface area contributed by atoms with Crippen LogP contribution in [0.15, 0.2) is 54.6 Å². The Morgan fingerprint density at radius 3 is 2.60 bits per heavy atom. The predicted molar refractivity (Wildman–Crippen MR) is 107 cm³/mol. The van der Waals surface area contributed by atoms with Gasteiger partial charge in [-0.3, -0.25) is 0 Å². The van der Waals surface area contributed by atoms with Crippen LogP contribution < -0.4 is 5.32 Å². The molecule has 2 heteroatoms. The van der Waals surface area contributed by atoms with Crippen molar-refractivity contribution in [3.05, 3.63) is 60.2 Å². The lowest BCUT2D eigenvalue weighted by Gasteiger charge is -2.42. The van der Waals surface area contributed by atoms with E-state index in [-0.39, 0.29) is 5.41 Å². The lowest BCUT2D eigenvalue weighted by atomic mass is 9.62. The van der Waals surface area contributed by atoms with Crippen LogP contribution in [0, 0.1) is 17.3 Å². The van der Waals surface area contributed by atoms with Gasteiger partial charge in [-0.15, -0.1) is 0 Å². The summed E-state index contributed by atoms with van der Waals surface area (Å²) >= 11 is 0. The van der Waals surface area contributed by atoms with Gasteiger partial charge in [-0.25, -0.2) is 0 Å². The number of benzene rings is 1. The third kappa shape index (κ3) is 5.67. The van der Waals surface area contributed by atoms with E-state index in [9.17, 15) is 4.79 Å². The smallest absolute Gasteiger partial charge is 0.120 e. The Kier molecular flexibility index (Phi) is 8.14. The Bertz CT molecular complexity index is 561. The summed E-state index contributed by atoms with van der Waals surface area (Å²) in [7, 11) is 0. The number of allylic oxidation sites excluding steroid dienone is 4. The molecular formula is C23H33NO. The molecule has 1 aromatic rings. The van der Waals surface area contributed by atoms with Crippen molar-refractivity contribution in [2.24, 2.45) is 17.3 Å². The first kappa shape index (κ1) is 19.7. The minimum absolute atomic E-state index is 0.126. The standard InChI is InChI=1S/C23H33NO/c1-20(2)23(15-7-6-13-22(23)14-19-25)16-9-18-24-17-8-12-21-10-4-3-5-11-21/h3-7,10-11,13,15,19-20,22,24H,8-9,12,14,16-18H2,1-2H3/t22-,23?/m0/s1. The third-order valence-corrected chi connectivity index (χ3v) is 5.60. The molecule has 0 saturated heterocycles. The van der Waals surface area contributed by atoms with Gasteiger partial charge in [-0.05, 0) is 61.6 Å². The van der Waals surface area contributed by atoms with E-state index in [1.54, 1.807) is 0 Å². The fraction of sp³-hybridized carbons (Fsp3) is 0.522. The Morgan fingerprint density at radius 2 is 1.88 bits per heavy atom. The molecule has 1 aliphatic rings. The van der Waals surface area contributed by atoms with Crippen LogP contribution in [0.4, 0.5) is 0 Å². The molecule has 0 saturated carbocycles. The molecule has 2 nitrogen and oxygen atoms in total. The van der Waals surface area contributed by atoms with Crippen LogP contribution in [0.25, 0.3) is 0 Å². The average molecular weight is 340 g/mol.